The molecule has 2 aromatic rings. The number of fused-ring (bicyclic) bond motifs is 1. The molecule has 1 aromatic heterocycles. The van der Waals surface area contributed by atoms with E-state index in [0.29, 0.717) is 11.8 Å². The van der Waals surface area contributed by atoms with Crippen LogP contribution in [0.5, 0.6) is 0 Å². The average molecular weight is 256 g/mol. The molecule has 0 aliphatic heterocycles. The molecule has 0 bridgehead atoms. The van der Waals surface area contributed by atoms with Crippen molar-refractivity contribution in [3.8, 4) is 0 Å². The maximum atomic E-state index is 6.52. The van der Waals surface area contributed by atoms with Crippen molar-refractivity contribution in [1.82, 2.24) is 4.98 Å². The van der Waals surface area contributed by atoms with Gasteiger partial charge in [-0.15, -0.1) is 0 Å². The van der Waals surface area contributed by atoms with E-state index in [-0.39, 0.29) is 6.04 Å². The summed E-state index contributed by atoms with van der Waals surface area (Å²) in [4.78, 5) is 3.50. The van der Waals surface area contributed by atoms with Gasteiger partial charge in [0.2, 0.25) is 0 Å². The third kappa shape index (κ3) is 2.08. The fourth-order valence-electron chi connectivity index (χ4n) is 3.19. The first-order valence-corrected chi connectivity index (χ1v) is 7.45. The second-order valence-corrected chi connectivity index (χ2v) is 6.34. The molecule has 0 radical (unpaired) electrons. The molecule has 1 fully saturated rings. The monoisotopic (exact) mass is 256 g/mol. The zero-order valence-electron chi connectivity index (χ0n) is 12.2. The number of aryl methyl sites for hydroxylation is 1. The summed E-state index contributed by atoms with van der Waals surface area (Å²) < 4.78 is 0. The van der Waals surface area contributed by atoms with Crippen LogP contribution in [0, 0.1) is 12.8 Å². The van der Waals surface area contributed by atoms with Crippen LogP contribution in [0.15, 0.2) is 18.2 Å². The third-order valence-corrected chi connectivity index (χ3v) is 4.72. The smallest absolute Gasteiger partial charge is 0.0459 e. The number of nitrogens with two attached hydrogens (primary N) is 1. The van der Waals surface area contributed by atoms with Crippen molar-refractivity contribution >= 4 is 10.9 Å². The molecule has 1 aliphatic carbocycles. The van der Waals surface area contributed by atoms with Gasteiger partial charge in [0.25, 0.3) is 0 Å². The first kappa shape index (κ1) is 12.7. The summed E-state index contributed by atoms with van der Waals surface area (Å²) in [7, 11) is 0. The van der Waals surface area contributed by atoms with Gasteiger partial charge in [-0.1, -0.05) is 26.3 Å². The quantitative estimate of drug-likeness (QED) is 0.839. The number of hydrogen-bond acceptors (Lipinski definition) is 1. The SMILES string of the molecule is Cc1[nH]c2ccc(C(C)C)cc2c1C(N)C1CCC1. The number of benzene rings is 1. The highest BCUT2D eigenvalue weighted by atomic mass is 14.8. The molecule has 1 aliphatic rings. The van der Waals surface area contributed by atoms with Crippen molar-refractivity contribution in [2.24, 2.45) is 11.7 Å². The van der Waals surface area contributed by atoms with E-state index in [9.17, 15) is 0 Å². The first-order chi connectivity index (χ1) is 9.08. The van der Waals surface area contributed by atoms with Gasteiger partial charge in [0, 0.05) is 22.6 Å². The largest absolute Gasteiger partial charge is 0.358 e. The molecule has 1 aromatic carbocycles. The van der Waals surface area contributed by atoms with E-state index in [1.807, 2.05) is 0 Å². The Morgan fingerprint density at radius 3 is 2.58 bits per heavy atom. The minimum atomic E-state index is 0.199. The third-order valence-electron chi connectivity index (χ3n) is 4.72. The van der Waals surface area contributed by atoms with Crippen LogP contribution in [0.25, 0.3) is 10.9 Å². The van der Waals surface area contributed by atoms with Crippen molar-refractivity contribution in [3.05, 3.63) is 35.0 Å². The van der Waals surface area contributed by atoms with Crippen LogP contribution in [-0.2, 0) is 0 Å². The van der Waals surface area contributed by atoms with E-state index in [0.717, 1.165) is 0 Å². The highest BCUT2D eigenvalue weighted by Gasteiger charge is 2.28. The maximum Gasteiger partial charge on any atom is 0.0459 e. The van der Waals surface area contributed by atoms with Crippen LogP contribution in [-0.4, -0.2) is 4.98 Å². The summed E-state index contributed by atoms with van der Waals surface area (Å²) in [5.41, 5.74) is 11.7. The Bertz CT molecular complexity index is 591. The number of hydrogen-bond donors (Lipinski definition) is 2. The lowest BCUT2D eigenvalue weighted by Crippen LogP contribution is -2.27. The van der Waals surface area contributed by atoms with E-state index in [2.05, 4.69) is 44.0 Å². The van der Waals surface area contributed by atoms with Gasteiger partial charge in [0.1, 0.15) is 0 Å². The minimum absolute atomic E-state index is 0.199. The molecule has 2 nitrogen and oxygen atoms in total. The summed E-state index contributed by atoms with van der Waals surface area (Å²) in [5, 5.41) is 1.34. The fourth-order valence-corrected chi connectivity index (χ4v) is 3.19. The summed E-state index contributed by atoms with van der Waals surface area (Å²) in [6, 6.07) is 6.96. The Balaban J connectivity index is 2.10. The number of H-pyrrole nitrogens is 1. The number of rotatable bonds is 3. The van der Waals surface area contributed by atoms with Crippen molar-refractivity contribution in [1.29, 1.82) is 0 Å². The van der Waals surface area contributed by atoms with E-state index < -0.39 is 0 Å². The van der Waals surface area contributed by atoms with Crippen molar-refractivity contribution in [2.75, 3.05) is 0 Å². The lowest BCUT2D eigenvalue weighted by molar-refractivity contribution is 0.265. The van der Waals surface area contributed by atoms with Crippen LogP contribution in [0.1, 0.15) is 61.9 Å². The number of nitrogens with one attached hydrogen (secondary N) is 1. The molecule has 1 heterocycles. The topological polar surface area (TPSA) is 41.8 Å². The van der Waals surface area contributed by atoms with Gasteiger partial charge in [-0.3, -0.25) is 0 Å². The van der Waals surface area contributed by atoms with Crippen LogP contribution in [0.3, 0.4) is 0 Å². The molecule has 1 atom stereocenters. The fraction of sp³-hybridized carbons (Fsp3) is 0.529. The Kier molecular flexibility index (Phi) is 3.14. The van der Waals surface area contributed by atoms with Gasteiger partial charge >= 0.3 is 0 Å². The molecular formula is C17H24N2. The van der Waals surface area contributed by atoms with Crippen molar-refractivity contribution in [2.45, 2.75) is 52.0 Å². The first-order valence-electron chi connectivity index (χ1n) is 7.45. The molecule has 19 heavy (non-hydrogen) atoms. The molecular weight excluding hydrogens is 232 g/mol. The van der Waals surface area contributed by atoms with Gasteiger partial charge in [0.15, 0.2) is 0 Å². The molecule has 0 saturated heterocycles. The Morgan fingerprint density at radius 2 is 2.00 bits per heavy atom. The summed E-state index contributed by atoms with van der Waals surface area (Å²) >= 11 is 0. The van der Waals surface area contributed by atoms with E-state index >= 15 is 0 Å². The summed E-state index contributed by atoms with van der Waals surface area (Å²) in [5.74, 6) is 1.24. The normalized spacial score (nSPS) is 17.9. The highest BCUT2D eigenvalue weighted by molar-refractivity contribution is 5.86. The van der Waals surface area contributed by atoms with Gasteiger partial charge in [-0.2, -0.15) is 0 Å². The maximum absolute atomic E-state index is 6.52. The zero-order chi connectivity index (χ0) is 13.6. The van der Waals surface area contributed by atoms with Crippen LogP contribution >= 0.6 is 0 Å². The minimum Gasteiger partial charge on any atom is -0.358 e. The second-order valence-electron chi connectivity index (χ2n) is 6.34. The zero-order valence-corrected chi connectivity index (χ0v) is 12.2. The van der Waals surface area contributed by atoms with E-state index in [4.69, 9.17) is 5.73 Å². The molecule has 3 rings (SSSR count). The van der Waals surface area contributed by atoms with E-state index in [1.165, 1.54) is 47.0 Å². The van der Waals surface area contributed by atoms with Gasteiger partial charge in [-0.05, 0) is 54.9 Å². The highest BCUT2D eigenvalue weighted by Crippen LogP contribution is 2.40. The predicted molar refractivity (Wildman–Crippen MR) is 81.4 cm³/mol. The van der Waals surface area contributed by atoms with Gasteiger partial charge in [-0.25, -0.2) is 0 Å². The Labute approximate surface area is 115 Å². The molecule has 2 heteroatoms. The molecule has 1 unspecified atom stereocenters. The molecule has 0 spiro atoms. The summed E-state index contributed by atoms with van der Waals surface area (Å²) in [6.45, 7) is 6.64. The molecule has 0 amide bonds. The average Bonchev–Trinajstić information content (AvgIpc) is 2.61. The Hall–Kier alpha value is -1.28. The van der Waals surface area contributed by atoms with Gasteiger partial charge < -0.3 is 10.7 Å². The Morgan fingerprint density at radius 1 is 1.26 bits per heavy atom. The molecule has 1 saturated carbocycles. The molecule has 3 N–H and O–H groups in total. The predicted octanol–water partition coefficient (Wildman–Crippen LogP) is 4.40. The van der Waals surface area contributed by atoms with Crippen LogP contribution < -0.4 is 5.73 Å². The lowest BCUT2D eigenvalue weighted by atomic mass is 9.77. The van der Waals surface area contributed by atoms with Crippen molar-refractivity contribution < 1.29 is 0 Å². The lowest BCUT2D eigenvalue weighted by Gasteiger charge is -2.31. The van der Waals surface area contributed by atoms with E-state index in [1.54, 1.807) is 0 Å². The number of aromatic amines is 1. The standard InChI is InChI=1S/C17H24N2/c1-10(2)13-7-8-15-14(9-13)16(11(3)19-15)17(18)12-5-4-6-12/h7-10,12,17,19H,4-6,18H2,1-3H3. The van der Waals surface area contributed by atoms with Crippen molar-refractivity contribution in [3.63, 3.8) is 0 Å². The summed E-state index contributed by atoms with van der Waals surface area (Å²) in [6.07, 6.45) is 3.92. The van der Waals surface area contributed by atoms with Gasteiger partial charge in [0.05, 0.1) is 0 Å². The number of aromatic nitrogens is 1. The van der Waals surface area contributed by atoms with Crippen LogP contribution in [0.4, 0.5) is 0 Å². The molecule has 102 valence electrons. The second kappa shape index (κ2) is 4.68. The van der Waals surface area contributed by atoms with Crippen LogP contribution in [0.2, 0.25) is 0 Å².